The Hall–Kier alpha value is -2.57. The van der Waals surface area contributed by atoms with Gasteiger partial charge in [0, 0.05) is 13.1 Å². The van der Waals surface area contributed by atoms with Gasteiger partial charge in [-0.15, -0.1) is 0 Å². The van der Waals surface area contributed by atoms with Gasteiger partial charge in [0.05, 0.1) is 17.1 Å². The Kier molecular flexibility index (Phi) is 4.42. The summed E-state index contributed by atoms with van der Waals surface area (Å²) in [5.74, 6) is 0.770. The van der Waals surface area contributed by atoms with E-state index in [-0.39, 0.29) is 30.4 Å². The van der Waals surface area contributed by atoms with Gasteiger partial charge in [-0.05, 0) is 30.5 Å². The largest absolute Gasteiger partial charge is 0.353 e. The van der Waals surface area contributed by atoms with Crippen molar-refractivity contribution in [3.05, 3.63) is 29.6 Å². The van der Waals surface area contributed by atoms with Crippen LogP contribution in [-0.4, -0.2) is 46.4 Å². The lowest BCUT2D eigenvalue weighted by atomic mass is 10.0. The average molecular weight is 329 g/mol. The number of imidazole rings is 1. The van der Waals surface area contributed by atoms with Crippen molar-refractivity contribution in [2.75, 3.05) is 19.6 Å². The number of fused-ring (bicyclic) bond motifs is 1. The summed E-state index contributed by atoms with van der Waals surface area (Å²) in [5, 5.41) is 5.73. The zero-order chi connectivity index (χ0) is 17.3. The van der Waals surface area contributed by atoms with Crippen molar-refractivity contribution in [3.8, 4) is 0 Å². The number of nitrogens with zero attached hydrogens (tertiary/aromatic N) is 2. The molecule has 0 radical (unpaired) electrons. The summed E-state index contributed by atoms with van der Waals surface area (Å²) in [6.45, 7) is 7.20. The second kappa shape index (κ2) is 6.51. The van der Waals surface area contributed by atoms with Gasteiger partial charge in [0.2, 0.25) is 5.91 Å². The lowest BCUT2D eigenvalue weighted by Gasteiger charge is -2.29. The van der Waals surface area contributed by atoms with E-state index in [4.69, 9.17) is 0 Å². The maximum Gasteiger partial charge on any atom is 0.318 e. The third-order valence-corrected chi connectivity index (χ3v) is 4.22. The van der Waals surface area contributed by atoms with Gasteiger partial charge in [0.25, 0.3) is 0 Å². The summed E-state index contributed by atoms with van der Waals surface area (Å²) in [6, 6.07) is 5.55. The van der Waals surface area contributed by atoms with Crippen LogP contribution in [0.25, 0.3) is 11.0 Å². The predicted octanol–water partition coefficient (Wildman–Crippen LogP) is 1.71. The first kappa shape index (κ1) is 16.3. The Morgan fingerprint density at radius 2 is 2.17 bits per heavy atom. The predicted molar refractivity (Wildman–Crippen MR) is 91.5 cm³/mol. The highest BCUT2D eigenvalue weighted by atomic mass is 16.2. The third-order valence-electron chi connectivity index (χ3n) is 4.22. The van der Waals surface area contributed by atoms with Crippen LogP contribution < -0.4 is 10.6 Å². The lowest BCUT2D eigenvalue weighted by molar-refractivity contribution is -0.123. The van der Waals surface area contributed by atoms with Gasteiger partial charge < -0.3 is 20.5 Å². The molecule has 1 aromatic heterocycles. The number of carbonyl (C=O) groups excluding carboxylic acids is 2. The number of aryl methyl sites for hydroxylation is 1. The van der Waals surface area contributed by atoms with Crippen LogP contribution in [0.4, 0.5) is 4.79 Å². The van der Waals surface area contributed by atoms with Gasteiger partial charge in [-0.25, -0.2) is 9.78 Å². The number of aromatic nitrogens is 2. The lowest BCUT2D eigenvalue weighted by Crippen LogP contribution is -2.53. The summed E-state index contributed by atoms with van der Waals surface area (Å²) < 4.78 is 0. The van der Waals surface area contributed by atoms with Crippen LogP contribution in [0.15, 0.2) is 18.2 Å². The molecule has 1 aliphatic heterocycles. The molecule has 3 rings (SSSR count). The Bertz CT molecular complexity index is 767. The van der Waals surface area contributed by atoms with Crippen LogP contribution in [0.1, 0.15) is 31.3 Å². The summed E-state index contributed by atoms with van der Waals surface area (Å²) in [6.07, 6.45) is 0. The number of H-pyrrole nitrogens is 1. The van der Waals surface area contributed by atoms with Gasteiger partial charge in [-0.2, -0.15) is 0 Å². The molecule has 0 saturated carbocycles. The standard InChI is InChI=1S/C17H23N5O2/c1-10(2)15(21-17(24)22-7-6-18-14(23)9-22)16-19-12-5-4-11(3)8-13(12)20-16/h4-5,8,10,15H,6-7,9H2,1-3H3,(H,18,23)(H,19,20)(H,21,24)/t15-/m1/s1. The molecule has 1 saturated heterocycles. The number of carbonyl (C=O) groups is 2. The number of urea groups is 1. The smallest absolute Gasteiger partial charge is 0.318 e. The summed E-state index contributed by atoms with van der Waals surface area (Å²) in [7, 11) is 0. The SMILES string of the molecule is Cc1ccc2nc([C@H](NC(=O)N3CCNC(=O)C3)C(C)C)[nH]c2c1. The normalized spacial score (nSPS) is 16.3. The molecule has 0 aliphatic carbocycles. The van der Waals surface area contributed by atoms with E-state index in [9.17, 15) is 9.59 Å². The van der Waals surface area contributed by atoms with Crippen molar-refractivity contribution in [2.45, 2.75) is 26.8 Å². The van der Waals surface area contributed by atoms with Crippen LogP contribution in [0, 0.1) is 12.8 Å². The third kappa shape index (κ3) is 3.34. The Morgan fingerprint density at radius 3 is 2.88 bits per heavy atom. The van der Waals surface area contributed by atoms with Crippen molar-refractivity contribution in [1.82, 2.24) is 25.5 Å². The van der Waals surface area contributed by atoms with Gasteiger partial charge in [-0.1, -0.05) is 19.9 Å². The number of nitrogens with one attached hydrogen (secondary N) is 3. The highest BCUT2D eigenvalue weighted by molar-refractivity contribution is 5.85. The zero-order valence-corrected chi connectivity index (χ0v) is 14.2. The van der Waals surface area contributed by atoms with Crippen molar-refractivity contribution in [3.63, 3.8) is 0 Å². The molecule has 0 unspecified atom stereocenters. The highest BCUT2D eigenvalue weighted by Crippen LogP contribution is 2.23. The fraction of sp³-hybridized carbons (Fsp3) is 0.471. The minimum atomic E-state index is -0.241. The Balaban J connectivity index is 1.80. The molecule has 7 heteroatoms. The van der Waals surface area contributed by atoms with Crippen molar-refractivity contribution in [2.24, 2.45) is 5.92 Å². The molecule has 2 aromatic rings. The maximum absolute atomic E-state index is 12.5. The van der Waals surface area contributed by atoms with E-state index < -0.39 is 0 Å². The average Bonchev–Trinajstić information content (AvgIpc) is 2.94. The van der Waals surface area contributed by atoms with Gasteiger partial charge in [0.1, 0.15) is 12.4 Å². The number of benzene rings is 1. The molecule has 1 atom stereocenters. The van der Waals surface area contributed by atoms with E-state index in [2.05, 4.69) is 20.6 Å². The fourth-order valence-corrected chi connectivity index (χ4v) is 2.88. The molecule has 24 heavy (non-hydrogen) atoms. The molecule has 7 nitrogen and oxygen atoms in total. The van der Waals surface area contributed by atoms with E-state index in [1.165, 1.54) is 4.90 Å². The van der Waals surface area contributed by atoms with Crippen LogP contribution in [-0.2, 0) is 4.79 Å². The van der Waals surface area contributed by atoms with E-state index in [1.54, 1.807) is 0 Å². The zero-order valence-electron chi connectivity index (χ0n) is 14.2. The summed E-state index contributed by atoms with van der Waals surface area (Å²) in [5.41, 5.74) is 3.00. The molecule has 0 bridgehead atoms. The molecule has 1 aliphatic rings. The first-order valence-corrected chi connectivity index (χ1v) is 8.22. The Morgan fingerprint density at radius 1 is 1.38 bits per heavy atom. The number of rotatable bonds is 3. The fourth-order valence-electron chi connectivity index (χ4n) is 2.88. The molecule has 1 fully saturated rings. The number of piperazine rings is 1. The van der Waals surface area contributed by atoms with Gasteiger partial charge in [-0.3, -0.25) is 4.79 Å². The molecule has 1 aromatic carbocycles. The summed E-state index contributed by atoms with van der Waals surface area (Å²) in [4.78, 5) is 33.4. The molecule has 3 amide bonds. The molecule has 2 heterocycles. The first-order valence-electron chi connectivity index (χ1n) is 8.22. The van der Waals surface area contributed by atoms with E-state index in [0.717, 1.165) is 22.4 Å². The van der Waals surface area contributed by atoms with Crippen molar-refractivity contribution in [1.29, 1.82) is 0 Å². The topological polar surface area (TPSA) is 90.1 Å². The van der Waals surface area contributed by atoms with Gasteiger partial charge in [0.15, 0.2) is 0 Å². The van der Waals surface area contributed by atoms with Crippen molar-refractivity contribution >= 4 is 23.0 Å². The second-order valence-corrected chi connectivity index (χ2v) is 6.59. The molecule has 128 valence electrons. The monoisotopic (exact) mass is 329 g/mol. The van der Waals surface area contributed by atoms with Crippen LogP contribution in [0.5, 0.6) is 0 Å². The highest BCUT2D eigenvalue weighted by Gasteiger charge is 2.27. The van der Waals surface area contributed by atoms with E-state index >= 15 is 0 Å². The number of amides is 3. The van der Waals surface area contributed by atoms with Crippen LogP contribution >= 0.6 is 0 Å². The summed E-state index contributed by atoms with van der Waals surface area (Å²) >= 11 is 0. The quantitative estimate of drug-likeness (QED) is 0.801. The molecule has 0 spiro atoms. The van der Waals surface area contributed by atoms with E-state index in [0.29, 0.717) is 13.1 Å². The number of hydrogen-bond donors (Lipinski definition) is 3. The Labute approximate surface area is 140 Å². The van der Waals surface area contributed by atoms with E-state index in [1.807, 2.05) is 39.0 Å². The second-order valence-electron chi connectivity index (χ2n) is 6.59. The number of hydrogen-bond acceptors (Lipinski definition) is 3. The number of aromatic amines is 1. The van der Waals surface area contributed by atoms with Crippen LogP contribution in [0.2, 0.25) is 0 Å². The van der Waals surface area contributed by atoms with Gasteiger partial charge >= 0.3 is 6.03 Å². The maximum atomic E-state index is 12.5. The van der Waals surface area contributed by atoms with Crippen molar-refractivity contribution < 1.29 is 9.59 Å². The minimum Gasteiger partial charge on any atom is -0.353 e. The molecular formula is C17H23N5O2. The first-order chi connectivity index (χ1) is 11.4. The molecular weight excluding hydrogens is 306 g/mol. The van der Waals surface area contributed by atoms with Crippen LogP contribution in [0.3, 0.4) is 0 Å². The molecule has 3 N–H and O–H groups in total. The minimum absolute atomic E-state index is 0.0932.